The number of pyridine rings is 1. The highest BCUT2D eigenvalue weighted by molar-refractivity contribution is 7.60. The van der Waals surface area contributed by atoms with Crippen LogP contribution >= 0.6 is 23.5 Å². The third kappa shape index (κ3) is 7.37. The van der Waals surface area contributed by atoms with Gasteiger partial charge in [0.05, 0.1) is 25.2 Å². The molecule has 0 saturated carbocycles. The first kappa shape index (κ1) is 35.1. The van der Waals surface area contributed by atoms with Gasteiger partial charge in [-0.05, 0) is 6.07 Å². The van der Waals surface area contributed by atoms with Crippen LogP contribution in [0.5, 0.6) is 0 Å². The summed E-state index contributed by atoms with van der Waals surface area (Å²) in [5.74, 6) is 0. The zero-order valence-corrected chi connectivity index (χ0v) is 26.7. The fraction of sp³-hybridized carbons (Fsp3) is 0.455. The van der Waals surface area contributed by atoms with Crippen LogP contribution in [0, 0.1) is 0 Å². The quantitative estimate of drug-likeness (QED) is 0.0589. The van der Waals surface area contributed by atoms with Crippen LogP contribution in [0.4, 0.5) is 5.69 Å². The van der Waals surface area contributed by atoms with E-state index in [9.17, 15) is 48.6 Å². The van der Waals surface area contributed by atoms with E-state index in [1.807, 2.05) is 0 Å². The topological polar surface area (TPSA) is 329 Å². The summed E-state index contributed by atoms with van der Waals surface area (Å²) in [6.45, 7) is -2.02. The Hall–Kier alpha value is -2.79. The number of nitrogens with zero attached hydrogens (tertiary/aromatic N) is 6. The van der Waals surface area contributed by atoms with Crippen molar-refractivity contribution >= 4 is 46.0 Å². The molecule has 0 aliphatic carbocycles. The Kier molecular flexibility index (Phi) is 9.61. The largest absolute Gasteiger partial charge is 0.756 e. The Balaban J connectivity index is 1.10. The van der Waals surface area contributed by atoms with E-state index in [4.69, 9.17) is 24.3 Å². The highest BCUT2D eigenvalue weighted by atomic mass is 31.3. The molecule has 8 N–H and O–H groups in total. The van der Waals surface area contributed by atoms with Crippen molar-refractivity contribution in [3.8, 4) is 0 Å². The molecule has 2 saturated heterocycles. The number of aromatic nitrogens is 6. The van der Waals surface area contributed by atoms with E-state index in [0.29, 0.717) is 11.3 Å². The molecule has 4 aromatic rings. The predicted octanol–water partition coefficient (Wildman–Crippen LogP) is -2.38. The van der Waals surface area contributed by atoms with Crippen LogP contribution in [0.15, 0.2) is 49.6 Å². The number of phosphoric acid groups is 3. The third-order valence-corrected chi connectivity index (χ3v) is 10.4. The highest BCUT2D eigenvalue weighted by Crippen LogP contribution is 2.58. The molecular formula is C22H28N7O16P3. The van der Waals surface area contributed by atoms with Gasteiger partial charge in [0.2, 0.25) is 0 Å². The Morgan fingerprint density at radius 3 is 2.42 bits per heavy atom. The molecular weight excluding hydrogens is 711 g/mol. The number of hydrogen-bond donors (Lipinski definition) is 7. The molecule has 0 aromatic carbocycles. The molecule has 0 amide bonds. The minimum atomic E-state index is -5.67. The number of aliphatic hydroxyl groups excluding tert-OH is 3. The van der Waals surface area contributed by atoms with E-state index in [1.165, 1.54) is 46.4 Å². The minimum Gasteiger partial charge on any atom is -0.756 e. The summed E-state index contributed by atoms with van der Waals surface area (Å²) in [5, 5.41) is 31.5. The Labute approximate surface area is 268 Å². The lowest BCUT2D eigenvalue weighted by Crippen LogP contribution is -2.45. The van der Waals surface area contributed by atoms with Gasteiger partial charge in [-0.1, -0.05) is 0 Å². The van der Waals surface area contributed by atoms with Gasteiger partial charge in [0.15, 0.2) is 41.5 Å². The lowest BCUT2D eigenvalue weighted by Gasteiger charge is -2.26. The number of fused-ring (bicyclic) bond motifs is 3. The van der Waals surface area contributed by atoms with Gasteiger partial charge < -0.3 is 54.6 Å². The number of nitrogen functional groups attached to an aromatic ring is 1. The standard InChI is InChI=1S/C22H28N7O16P3/c23-11-2-1-4-27(6-11)21-17(32)15(30)12(42-21)7-40-47(36,37)45-48(38,39)41-8-13-16(31)18(44-46(33,34)35)22(43-13)29-10-25-14-19-24-3-5-28(19)9-26-20(14)29/h1-6,9-10,12-13,15-18,21-22,30-32H,7-8,23H2,(H3-,33,34,35,36,37,38,39)/t12-,13-,15-,16-,17-,18-,21-,22-/m1/s1. The smallest absolute Gasteiger partial charge is 0.478 e. The highest BCUT2D eigenvalue weighted by Gasteiger charge is 2.51. The number of hydrogen-bond acceptors (Lipinski definition) is 17. The van der Waals surface area contributed by atoms with Crippen LogP contribution in [0.3, 0.4) is 0 Å². The van der Waals surface area contributed by atoms with Gasteiger partial charge in [0, 0.05) is 18.5 Å². The molecule has 2 aliphatic rings. The lowest BCUT2D eigenvalue weighted by atomic mass is 10.1. The molecule has 48 heavy (non-hydrogen) atoms. The van der Waals surface area contributed by atoms with Crippen LogP contribution in [0.1, 0.15) is 12.5 Å². The Morgan fingerprint density at radius 1 is 0.958 bits per heavy atom. The van der Waals surface area contributed by atoms with E-state index in [2.05, 4.69) is 23.8 Å². The van der Waals surface area contributed by atoms with Gasteiger partial charge in [0.1, 0.15) is 36.8 Å². The van der Waals surface area contributed by atoms with Crippen molar-refractivity contribution in [1.29, 1.82) is 0 Å². The van der Waals surface area contributed by atoms with Gasteiger partial charge in [0.25, 0.3) is 14.1 Å². The maximum Gasteiger partial charge on any atom is 0.478 e. The first-order chi connectivity index (χ1) is 22.5. The van der Waals surface area contributed by atoms with Gasteiger partial charge in [-0.15, -0.1) is 0 Å². The Bertz CT molecular complexity index is 1940. The van der Waals surface area contributed by atoms with E-state index in [1.54, 1.807) is 16.7 Å². The van der Waals surface area contributed by atoms with Crippen molar-refractivity contribution in [2.75, 3.05) is 18.9 Å². The maximum absolute atomic E-state index is 12.6. The van der Waals surface area contributed by atoms with Crippen LogP contribution in [-0.4, -0.2) is 104 Å². The van der Waals surface area contributed by atoms with E-state index in [0.717, 1.165) is 0 Å². The van der Waals surface area contributed by atoms with Gasteiger partial charge >= 0.3 is 15.6 Å². The number of anilines is 1. The second-order valence-electron chi connectivity index (χ2n) is 10.6. The zero-order chi connectivity index (χ0) is 34.6. The SMILES string of the molecule is Nc1ccc[n+]([C@@H]2O[C@H](COP(=O)([O-])OP(=O)(O)OC[C@H]3O[C@@H](n4cnc5c4ncn4ccnc54)[C@H](OP(=O)(O)O)[C@@H]3O)[C@@H](O)[C@H]2O)c1. The first-order valence-electron chi connectivity index (χ1n) is 13.7. The summed E-state index contributed by atoms with van der Waals surface area (Å²) in [7, 11) is -16.5. The first-order valence-corrected chi connectivity index (χ1v) is 18.1. The van der Waals surface area contributed by atoms with Crippen LogP contribution in [0.25, 0.3) is 16.8 Å². The number of imidazole rings is 2. The molecule has 23 nitrogen and oxygen atoms in total. The molecule has 10 atom stereocenters. The van der Waals surface area contributed by atoms with E-state index in [-0.39, 0.29) is 11.2 Å². The number of phosphoric ester groups is 3. The Morgan fingerprint density at radius 2 is 1.69 bits per heavy atom. The molecule has 0 bridgehead atoms. The molecule has 262 valence electrons. The van der Waals surface area contributed by atoms with Crippen molar-refractivity contribution in [3.05, 3.63) is 49.6 Å². The summed E-state index contributed by atoms with van der Waals surface area (Å²) < 4.78 is 70.1. The lowest BCUT2D eigenvalue weighted by molar-refractivity contribution is -0.765. The predicted molar refractivity (Wildman–Crippen MR) is 151 cm³/mol. The molecule has 2 fully saturated rings. The second-order valence-corrected chi connectivity index (χ2v) is 14.8. The van der Waals surface area contributed by atoms with Gasteiger partial charge in [-0.25, -0.2) is 28.4 Å². The van der Waals surface area contributed by atoms with Gasteiger partial charge in [-0.3, -0.25) is 22.6 Å². The third-order valence-electron chi connectivity index (χ3n) is 7.28. The van der Waals surface area contributed by atoms with Crippen LogP contribution in [0.2, 0.25) is 0 Å². The van der Waals surface area contributed by atoms with Crippen molar-refractivity contribution in [2.24, 2.45) is 0 Å². The second kappa shape index (κ2) is 13.2. The molecule has 6 heterocycles. The normalized spacial score (nSPS) is 30.6. The van der Waals surface area contributed by atoms with Crippen molar-refractivity contribution in [3.63, 3.8) is 0 Å². The molecule has 2 unspecified atom stereocenters. The number of ether oxygens (including phenoxy) is 2. The van der Waals surface area contributed by atoms with Crippen molar-refractivity contribution in [1.82, 2.24) is 23.9 Å². The molecule has 2 aliphatic heterocycles. The van der Waals surface area contributed by atoms with Crippen LogP contribution < -0.4 is 15.2 Å². The number of nitrogens with two attached hydrogens (primary N) is 1. The fourth-order valence-corrected chi connectivity index (χ4v) is 7.77. The minimum absolute atomic E-state index is 0.106. The molecule has 0 spiro atoms. The van der Waals surface area contributed by atoms with Crippen molar-refractivity contribution < 1.29 is 80.5 Å². The summed E-state index contributed by atoms with van der Waals surface area (Å²) in [4.78, 5) is 54.0. The molecule has 6 rings (SSSR count). The fourth-order valence-electron chi connectivity index (χ4n) is 5.17. The average Bonchev–Trinajstić information content (AvgIpc) is 3.76. The van der Waals surface area contributed by atoms with Crippen LogP contribution in [-0.2, 0) is 41.1 Å². The van der Waals surface area contributed by atoms with E-state index < -0.39 is 85.8 Å². The zero-order valence-electron chi connectivity index (χ0n) is 24.0. The molecule has 26 heteroatoms. The number of aliphatic hydroxyl groups is 3. The summed E-state index contributed by atoms with van der Waals surface area (Å²) in [6.07, 6.45) is -4.24. The monoisotopic (exact) mass is 739 g/mol. The van der Waals surface area contributed by atoms with Gasteiger partial charge in [-0.2, -0.15) is 4.57 Å². The molecule has 0 radical (unpaired) electrons. The van der Waals surface area contributed by atoms with E-state index >= 15 is 0 Å². The van der Waals surface area contributed by atoms with Crippen molar-refractivity contribution in [2.45, 2.75) is 49.1 Å². The molecule has 4 aromatic heterocycles. The number of rotatable bonds is 12. The average molecular weight is 739 g/mol. The summed E-state index contributed by atoms with van der Waals surface area (Å²) in [6, 6.07) is 3.09. The summed E-state index contributed by atoms with van der Waals surface area (Å²) >= 11 is 0. The summed E-state index contributed by atoms with van der Waals surface area (Å²) in [5.41, 5.74) is 6.74. The maximum atomic E-state index is 12.6.